The van der Waals surface area contributed by atoms with Gasteiger partial charge in [-0.25, -0.2) is 4.98 Å². The Labute approximate surface area is 101 Å². The molecule has 2 heterocycles. The number of aromatic nitrogens is 2. The minimum absolute atomic E-state index is 0.0986. The molecule has 1 N–H and O–H groups in total. The maximum atomic E-state index is 5.59. The molecular weight excluding hydrogens is 220 g/mol. The van der Waals surface area contributed by atoms with E-state index >= 15 is 0 Å². The van der Waals surface area contributed by atoms with Gasteiger partial charge in [0.05, 0.1) is 6.61 Å². The van der Waals surface area contributed by atoms with Crippen LogP contribution in [0.1, 0.15) is 0 Å². The van der Waals surface area contributed by atoms with E-state index in [4.69, 9.17) is 9.47 Å². The van der Waals surface area contributed by atoms with Crippen LogP contribution in [0.2, 0.25) is 0 Å². The van der Waals surface area contributed by atoms with Gasteiger partial charge in [-0.1, -0.05) is 0 Å². The molecule has 1 aromatic rings. The zero-order chi connectivity index (χ0) is 12.1. The summed E-state index contributed by atoms with van der Waals surface area (Å²) in [5.41, 5.74) is 0. The van der Waals surface area contributed by atoms with Gasteiger partial charge in [-0.3, -0.25) is 0 Å². The van der Waals surface area contributed by atoms with Crippen LogP contribution in [-0.2, 0) is 4.74 Å². The van der Waals surface area contributed by atoms with Crippen LogP contribution in [0.15, 0.2) is 12.3 Å². The largest absolute Gasteiger partial charge is 0.475 e. The SMILES string of the molecule is CN(C)c1nccc(OCC2CNCCO2)n1. The lowest BCUT2D eigenvalue weighted by Gasteiger charge is -2.23. The lowest BCUT2D eigenvalue weighted by molar-refractivity contribution is -0.000746. The van der Waals surface area contributed by atoms with Crippen molar-refractivity contribution < 1.29 is 9.47 Å². The third kappa shape index (κ3) is 3.54. The third-order valence-electron chi connectivity index (χ3n) is 2.44. The van der Waals surface area contributed by atoms with Crippen LogP contribution in [0.4, 0.5) is 5.95 Å². The summed E-state index contributed by atoms with van der Waals surface area (Å²) < 4.78 is 11.1. The van der Waals surface area contributed by atoms with Crippen LogP contribution in [0, 0.1) is 0 Å². The highest BCUT2D eigenvalue weighted by molar-refractivity contribution is 5.29. The van der Waals surface area contributed by atoms with Gasteiger partial charge in [0, 0.05) is 39.4 Å². The molecular formula is C11H18N4O2. The van der Waals surface area contributed by atoms with E-state index in [1.54, 1.807) is 12.3 Å². The van der Waals surface area contributed by atoms with Gasteiger partial charge in [0.25, 0.3) is 0 Å². The van der Waals surface area contributed by atoms with Crippen LogP contribution in [0.5, 0.6) is 5.88 Å². The van der Waals surface area contributed by atoms with Crippen molar-refractivity contribution in [3.8, 4) is 5.88 Å². The number of hydrogen-bond acceptors (Lipinski definition) is 6. The maximum absolute atomic E-state index is 5.59. The standard InChI is InChI=1S/C11H18N4O2/c1-15(2)11-13-4-3-10(14-11)17-8-9-7-12-5-6-16-9/h3-4,9,12H,5-8H2,1-2H3. The van der Waals surface area contributed by atoms with Crippen molar-refractivity contribution in [3.05, 3.63) is 12.3 Å². The van der Waals surface area contributed by atoms with E-state index in [1.807, 2.05) is 19.0 Å². The number of hydrogen-bond donors (Lipinski definition) is 1. The summed E-state index contributed by atoms with van der Waals surface area (Å²) in [7, 11) is 3.79. The molecule has 6 nitrogen and oxygen atoms in total. The molecule has 1 atom stereocenters. The Morgan fingerprint density at radius 2 is 2.47 bits per heavy atom. The molecule has 1 aliphatic rings. The molecule has 17 heavy (non-hydrogen) atoms. The average molecular weight is 238 g/mol. The summed E-state index contributed by atoms with van der Waals surface area (Å²) in [5.74, 6) is 1.23. The Hall–Kier alpha value is -1.40. The highest BCUT2D eigenvalue weighted by Gasteiger charge is 2.14. The monoisotopic (exact) mass is 238 g/mol. The second-order valence-corrected chi connectivity index (χ2v) is 4.10. The molecule has 0 saturated carbocycles. The third-order valence-corrected chi connectivity index (χ3v) is 2.44. The fourth-order valence-corrected chi connectivity index (χ4v) is 1.53. The molecule has 0 amide bonds. The van der Waals surface area contributed by atoms with Crippen molar-refractivity contribution in [2.45, 2.75) is 6.10 Å². The number of nitrogens with one attached hydrogen (secondary N) is 1. The number of rotatable bonds is 4. The van der Waals surface area contributed by atoms with E-state index < -0.39 is 0 Å². The summed E-state index contributed by atoms with van der Waals surface area (Å²) in [6.45, 7) is 2.98. The predicted molar refractivity (Wildman–Crippen MR) is 64.5 cm³/mol. The van der Waals surface area contributed by atoms with E-state index in [-0.39, 0.29) is 6.10 Å². The van der Waals surface area contributed by atoms with Crippen LogP contribution < -0.4 is 15.0 Å². The van der Waals surface area contributed by atoms with E-state index in [9.17, 15) is 0 Å². The Morgan fingerprint density at radius 1 is 1.59 bits per heavy atom. The topological polar surface area (TPSA) is 59.5 Å². The zero-order valence-electron chi connectivity index (χ0n) is 10.2. The van der Waals surface area contributed by atoms with Crippen LogP contribution in [-0.4, -0.2) is 56.5 Å². The van der Waals surface area contributed by atoms with E-state index in [0.29, 0.717) is 18.4 Å². The summed E-state index contributed by atoms with van der Waals surface area (Å²) in [6, 6.07) is 1.75. The first-order valence-electron chi connectivity index (χ1n) is 5.71. The number of nitrogens with zero attached hydrogens (tertiary/aromatic N) is 3. The molecule has 1 aromatic heterocycles. The van der Waals surface area contributed by atoms with E-state index in [2.05, 4.69) is 15.3 Å². The Balaban J connectivity index is 1.87. The maximum Gasteiger partial charge on any atom is 0.228 e. The second kappa shape index (κ2) is 5.79. The van der Waals surface area contributed by atoms with Crippen LogP contribution in [0.3, 0.4) is 0 Å². The quantitative estimate of drug-likeness (QED) is 0.791. The highest BCUT2D eigenvalue weighted by Crippen LogP contribution is 2.11. The molecule has 1 unspecified atom stereocenters. The second-order valence-electron chi connectivity index (χ2n) is 4.10. The van der Waals surface area contributed by atoms with Crippen molar-refractivity contribution in [1.29, 1.82) is 0 Å². The van der Waals surface area contributed by atoms with Gasteiger partial charge in [0.2, 0.25) is 11.8 Å². The minimum Gasteiger partial charge on any atom is -0.475 e. The Kier molecular flexibility index (Phi) is 4.11. The molecule has 0 bridgehead atoms. The number of morpholine rings is 1. The molecule has 0 radical (unpaired) electrons. The minimum atomic E-state index is 0.0986. The first-order chi connectivity index (χ1) is 8.25. The van der Waals surface area contributed by atoms with Gasteiger partial charge in [0.15, 0.2) is 0 Å². The van der Waals surface area contributed by atoms with Crippen molar-refractivity contribution in [1.82, 2.24) is 15.3 Å². The molecule has 2 rings (SSSR count). The summed E-state index contributed by atoms with van der Waals surface area (Å²) in [4.78, 5) is 10.2. The van der Waals surface area contributed by atoms with Crippen LogP contribution in [0.25, 0.3) is 0 Å². The fraction of sp³-hybridized carbons (Fsp3) is 0.636. The molecule has 0 spiro atoms. The fourth-order valence-electron chi connectivity index (χ4n) is 1.53. The summed E-state index contributed by atoms with van der Waals surface area (Å²) >= 11 is 0. The molecule has 1 saturated heterocycles. The first kappa shape index (κ1) is 12.1. The molecule has 0 aromatic carbocycles. The van der Waals surface area contributed by atoms with Gasteiger partial charge < -0.3 is 19.7 Å². The van der Waals surface area contributed by atoms with Crippen molar-refractivity contribution in [2.24, 2.45) is 0 Å². The lowest BCUT2D eigenvalue weighted by Crippen LogP contribution is -2.41. The summed E-state index contributed by atoms with van der Waals surface area (Å²) in [6.07, 6.45) is 1.79. The number of ether oxygens (including phenoxy) is 2. The van der Waals surface area contributed by atoms with Gasteiger partial charge in [0.1, 0.15) is 12.7 Å². The average Bonchev–Trinajstić information content (AvgIpc) is 2.38. The first-order valence-corrected chi connectivity index (χ1v) is 5.71. The molecule has 1 fully saturated rings. The smallest absolute Gasteiger partial charge is 0.228 e. The van der Waals surface area contributed by atoms with Crippen molar-refractivity contribution >= 4 is 5.95 Å². The molecule has 94 valence electrons. The van der Waals surface area contributed by atoms with Crippen molar-refractivity contribution in [2.75, 3.05) is 45.3 Å². The van der Waals surface area contributed by atoms with Gasteiger partial charge in [-0.2, -0.15) is 4.98 Å². The summed E-state index contributed by atoms with van der Waals surface area (Å²) in [5, 5.41) is 3.25. The Morgan fingerprint density at radius 3 is 3.18 bits per heavy atom. The van der Waals surface area contributed by atoms with Gasteiger partial charge in [-0.15, -0.1) is 0 Å². The van der Waals surface area contributed by atoms with E-state index in [1.165, 1.54) is 0 Å². The zero-order valence-corrected chi connectivity index (χ0v) is 10.2. The van der Waals surface area contributed by atoms with Crippen molar-refractivity contribution in [3.63, 3.8) is 0 Å². The Bertz CT molecular complexity index is 353. The van der Waals surface area contributed by atoms with E-state index in [0.717, 1.165) is 19.7 Å². The molecule has 0 aliphatic carbocycles. The number of anilines is 1. The van der Waals surface area contributed by atoms with Crippen LogP contribution >= 0.6 is 0 Å². The molecule has 1 aliphatic heterocycles. The predicted octanol–water partition coefficient (Wildman–Crippen LogP) is -0.0902. The normalized spacial score (nSPS) is 20.0. The van der Waals surface area contributed by atoms with Gasteiger partial charge >= 0.3 is 0 Å². The molecule has 6 heteroatoms. The van der Waals surface area contributed by atoms with Gasteiger partial charge in [-0.05, 0) is 0 Å². The highest BCUT2D eigenvalue weighted by atomic mass is 16.5. The lowest BCUT2D eigenvalue weighted by atomic mass is 10.3.